The Morgan fingerprint density at radius 2 is 1.84 bits per heavy atom. The molecular formula is C15H11ClN4O5. The first kappa shape index (κ1) is 17.9. The van der Waals surface area contributed by atoms with Gasteiger partial charge in [0.25, 0.3) is 5.69 Å². The molecule has 0 heterocycles. The topological polar surface area (TPSA) is 134 Å². The highest BCUT2D eigenvalue weighted by Crippen LogP contribution is 2.21. The van der Waals surface area contributed by atoms with Crippen LogP contribution in [-0.2, 0) is 9.59 Å². The number of non-ortho nitro benzene ring substituents is 1. The van der Waals surface area contributed by atoms with Crippen molar-refractivity contribution in [3.63, 3.8) is 0 Å². The lowest BCUT2D eigenvalue weighted by atomic mass is 10.2. The lowest BCUT2D eigenvalue weighted by Gasteiger charge is -2.04. The minimum Gasteiger partial charge on any atom is -0.507 e. The number of hydrogen-bond donors (Lipinski definition) is 3. The van der Waals surface area contributed by atoms with Gasteiger partial charge in [0.1, 0.15) is 5.75 Å². The summed E-state index contributed by atoms with van der Waals surface area (Å²) in [5, 5.41) is 26.6. The second-order valence-electron chi connectivity index (χ2n) is 4.66. The van der Waals surface area contributed by atoms with Gasteiger partial charge in [0.05, 0.1) is 11.1 Å². The molecule has 0 atom stereocenters. The summed E-state index contributed by atoms with van der Waals surface area (Å²) in [4.78, 5) is 33.3. The Morgan fingerprint density at radius 1 is 1.16 bits per heavy atom. The van der Waals surface area contributed by atoms with Gasteiger partial charge in [-0.05, 0) is 30.3 Å². The van der Waals surface area contributed by atoms with Gasteiger partial charge >= 0.3 is 11.8 Å². The van der Waals surface area contributed by atoms with Crippen LogP contribution in [0.4, 0.5) is 11.4 Å². The molecule has 0 saturated heterocycles. The molecule has 0 radical (unpaired) electrons. The third-order valence-electron chi connectivity index (χ3n) is 2.90. The average molecular weight is 363 g/mol. The van der Waals surface area contributed by atoms with Crippen LogP contribution in [0.5, 0.6) is 5.75 Å². The highest BCUT2D eigenvalue weighted by molar-refractivity contribution is 6.39. The number of hydrogen-bond acceptors (Lipinski definition) is 6. The fourth-order valence-electron chi connectivity index (χ4n) is 1.69. The van der Waals surface area contributed by atoms with Crippen LogP contribution in [0.2, 0.25) is 5.02 Å². The van der Waals surface area contributed by atoms with Crippen molar-refractivity contribution in [1.82, 2.24) is 5.43 Å². The van der Waals surface area contributed by atoms with E-state index in [9.17, 15) is 24.8 Å². The number of rotatable bonds is 4. The highest BCUT2D eigenvalue weighted by atomic mass is 35.5. The number of hydrazone groups is 1. The van der Waals surface area contributed by atoms with E-state index in [0.717, 1.165) is 24.4 Å². The van der Waals surface area contributed by atoms with E-state index in [1.165, 1.54) is 24.3 Å². The van der Waals surface area contributed by atoms with Crippen LogP contribution in [0, 0.1) is 10.1 Å². The van der Waals surface area contributed by atoms with Gasteiger partial charge in [-0.25, -0.2) is 5.43 Å². The molecule has 128 valence electrons. The van der Waals surface area contributed by atoms with Crippen molar-refractivity contribution < 1.29 is 19.6 Å². The molecule has 2 amide bonds. The lowest BCUT2D eigenvalue weighted by molar-refractivity contribution is -0.384. The Labute approximate surface area is 146 Å². The molecule has 0 aliphatic heterocycles. The molecule has 0 aliphatic rings. The Balaban J connectivity index is 1.98. The summed E-state index contributed by atoms with van der Waals surface area (Å²) in [6.45, 7) is 0. The van der Waals surface area contributed by atoms with E-state index >= 15 is 0 Å². The van der Waals surface area contributed by atoms with Gasteiger partial charge in [-0.2, -0.15) is 5.10 Å². The fourth-order valence-corrected chi connectivity index (χ4v) is 1.82. The predicted octanol–water partition coefficient (Wildman–Crippen LogP) is 2.04. The van der Waals surface area contributed by atoms with Crippen LogP contribution in [0.3, 0.4) is 0 Å². The average Bonchev–Trinajstić information content (AvgIpc) is 2.58. The van der Waals surface area contributed by atoms with Crippen molar-refractivity contribution in [3.05, 3.63) is 63.2 Å². The van der Waals surface area contributed by atoms with Crippen molar-refractivity contribution >= 4 is 41.0 Å². The monoisotopic (exact) mass is 362 g/mol. The third kappa shape index (κ3) is 5.01. The zero-order chi connectivity index (χ0) is 18.4. The van der Waals surface area contributed by atoms with Crippen molar-refractivity contribution in [2.45, 2.75) is 0 Å². The molecule has 0 spiro atoms. The van der Waals surface area contributed by atoms with Gasteiger partial charge in [-0.1, -0.05) is 11.6 Å². The number of benzene rings is 2. The van der Waals surface area contributed by atoms with Gasteiger partial charge < -0.3 is 10.4 Å². The zero-order valence-electron chi connectivity index (χ0n) is 12.5. The Hall–Kier alpha value is -3.46. The maximum absolute atomic E-state index is 11.7. The van der Waals surface area contributed by atoms with Crippen molar-refractivity contribution in [2.75, 3.05) is 5.32 Å². The number of nitrogens with one attached hydrogen (secondary N) is 2. The van der Waals surface area contributed by atoms with Gasteiger partial charge in [0, 0.05) is 28.4 Å². The Morgan fingerprint density at radius 3 is 2.48 bits per heavy atom. The van der Waals surface area contributed by atoms with Gasteiger partial charge in [-0.15, -0.1) is 0 Å². The maximum Gasteiger partial charge on any atom is 0.329 e. The van der Waals surface area contributed by atoms with E-state index in [0.29, 0.717) is 10.7 Å². The van der Waals surface area contributed by atoms with Gasteiger partial charge in [0.2, 0.25) is 0 Å². The Bertz CT molecular complexity index is 852. The summed E-state index contributed by atoms with van der Waals surface area (Å²) in [6.07, 6.45) is 0.982. The number of phenolic OH excluding ortho intramolecular Hbond substituents is 1. The maximum atomic E-state index is 11.7. The summed E-state index contributed by atoms with van der Waals surface area (Å²) >= 11 is 5.71. The number of anilines is 1. The van der Waals surface area contributed by atoms with Gasteiger partial charge in [0.15, 0.2) is 0 Å². The molecule has 0 saturated carbocycles. The number of nitrogens with zero attached hydrogens (tertiary/aromatic N) is 2. The second-order valence-corrected chi connectivity index (χ2v) is 5.10. The third-order valence-corrected chi connectivity index (χ3v) is 3.15. The molecule has 0 aliphatic carbocycles. The molecule has 0 fully saturated rings. The molecule has 0 aromatic heterocycles. The number of aromatic hydroxyl groups is 1. The largest absolute Gasteiger partial charge is 0.507 e. The van der Waals surface area contributed by atoms with E-state index in [1.807, 2.05) is 5.43 Å². The van der Waals surface area contributed by atoms with Crippen LogP contribution in [0.1, 0.15) is 5.56 Å². The van der Waals surface area contributed by atoms with Crippen LogP contribution < -0.4 is 10.7 Å². The van der Waals surface area contributed by atoms with Crippen LogP contribution in [-0.4, -0.2) is 28.1 Å². The van der Waals surface area contributed by atoms with E-state index < -0.39 is 16.7 Å². The van der Waals surface area contributed by atoms with Crippen LogP contribution in [0.25, 0.3) is 0 Å². The first-order chi connectivity index (χ1) is 11.9. The molecule has 10 heteroatoms. The van der Waals surface area contributed by atoms with Crippen molar-refractivity contribution in [3.8, 4) is 5.75 Å². The standard InChI is InChI=1S/C15H11ClN4O5/c16-10-1-3-11(4-2-10)18-14(22)15(23)19-17-8-9-7-12(20(24)25)5-6-13(9)21/h1-8,21H,(H,18,22)(H,19,23). The van der Waals surface area contributed by atoms with Crippen molar-refractivity contribution in [2.24, 2.45) is 5.10 Å². The summed E-state index contributed by atoms with van der Waals surface area (Å²) in [6, 6.07) is 9.41. The highest BCUT2D eigenvalue weighted by Gasteiger charge is 2.13. The van der Waals surface area contributed by atoms with Crippen molar-refractivity contribution in [1.29, 1.82) is 0 Å². The molecule has 9 nitrogen and oxygen atoms in total. The SMILES string of the molecule is O=C(NN=Cc1cc([N+](=O)[O-])ccc1O)C(=O)Nc1ccc(Cl)cc1. The molecule has 3 N–H and O–H groups in total. The van der Waals surface area contributed by atoms with E-state index in [-0.39, 0.29) is 17.0 Å². The summed E-state index contributed by atoms with van der Waals surface area (Å²) in [5.74, 6) is -2.30. The number of halogens is 1. The summed E-state index contributed by atoms with van der Waals surface area (Å²) in [5.41, 5.74) is 2.06. The minimum absolute atomic E-state index is 0.00705. The number of carbonyl (C=O) groups excluding carboxylic acids is 2. The number of amides is 2. The number of nitro benzene ring substituents is 1. The fraction of sp³-hybridized carbons (Fsp3) is 0. The second kappa shape index (κ2) is 7.88. The van der Waals surface area contributed by atoms with Gasteiger partial charge in [-0.3, -0.25) is 19.7 Å². The first-order valence-electron chi connectivity index (χ1n) is 6.74. The molecule has 25 heavy (non-hydrogen) atoms. The molecule has 2 rings (SSSR count). The molecule has 0 bridgehead atoms. The number of phenols is 1. The van der Waals surface area contributed by atoms with Crippen LogP contribution in [0.15, 0.2) is 47.6 Å². The number of carbonyl (C=O) groups is 2. The predicted molar refractivity (Wildman–Crippen MR) is 90.6 cm³/mol. The molecular weight excluding hydrogens is 352 g/mol. The molecule has 0 unspecified atom stereocenters. The lowest BCUT2D eigenvalue weighted by Crippen LogP contribution is -2.32. The van der Waals surface area contributed by atoms with E-state index in [2.05, 4.69) is 10.4 Å². The normalized spacial score (nSPS) is 10.4. The van der Waals surface area contributed by atoms with E-state index in [1.54, 1.807) is 0 Å². The first-order valence-corrected chi connectivity index (χ1v) is 7.12. The minimum atomic E-state index is -1.06. The Kier molecular flexibility index (Phi) is 5.64. The summed E-state index contributed by atoms with van der Waals surface area (Å²) < 4.78 is 0. The zero-order valence-corrected chi connectivity index (χ0v) is 13.2. The molecule has 2 aromatic carbocycles. The number of nitro groups is 1. The van der Waals surface area contributed by atoms with Crippen LogP contribution >= 0.6 is 11.6 Å². The quantitative estimate of drug-likeness (QED) is 0.331. The summed E-state index contributed by atoms with van der Waals surface area (Å²) in [7, 11) is 0. The van der Waals surface area contributed by atoms with E-state index in [4.69, 9.17) is 11.6 Å². The smallest absolute Gasteiger partial charge is 0.329 e. The molecule has 2 aromatic rings.